The van der Waals surface area contributed by atoms with Crippen LogP contribution < -0.4 is 0 Å². The van der Waals surface area contributed by atoms with Gasteiger partial charge in [0.25, 0.3) is 0 Å². The molecule has 1 aromatic carbocycles. The SMILES string of the molecule is Cc1ccc(CN2CCCC(Cl)C2)cc1C. The zero-order valence-corrected chi connectivity index (χ0v) is 10.9. The molecule has 0 spiro atoms. The molecule has 0 saturated carbocycles. The summed E-state index contributed by atoms with van der Waals surface area (Å²) in [5.41, 5.74) is 4.17. The predicted molar refractivity (Wildman–Crippen MR) is 70.1 cm³/mol. The zero-order chi connectivity index (χ0) is 11.5. The molecule has 1 atom stereocenters. The summed E-state index contributed by atoms with van der Waals surface area (Å²) in [6.45, 7) is 7.61. The van der Waals surface area contributed by atoms with E-state index in [2.05, 4.69) is 36.9 Å². The second-order valence-electron chi connectivity index (χ2n) is 4.89. The standard InChI is InChI=1S/C14H20ClN/c1-11-5-6-13(8-12(11)2)9-16-7-3-4-14(15)10-16/h5-6,8,14H,3-4,7,9-10H2,1-2H3. The molecule has 1 heterocycles. The molecular formula is C14H20ClN. The maximum absolute atomic E-state index is 6.19. The van der Waals surface area contributed by atoms with E-state index in [0.717, 1.165) is 13.1 Å². The lowest BCUT2D eigenvalue weighted by atomic mass is 10.0. The topological polar surface area (TPSA) is 3.24 Å². The van der Waals surface area contributed by atoms with E-state index < -0.39 is 0 Å². The Balaban J connectivity index is 2.00. The Morgan fingerprint density at radius 1 is 1.31 bits per heavy atom. The van der Waals surface area contributed by atoms with Gasteiger partial charge in [0.1, 0.15) is 0 Å². The third kappa shape index (κ3) is 2.99. The maximum Gasteiger partial charge on any atom is 0.0463 e. The molecule has 0 amide bonds. The molecule has 1 aliphatic heterocycles. The van der Waals surface area contributed by atoms with Gasteiger partial charge >= 0.3 is 0 Å². The van der Waals surface area contributed by atoms with Crippen molar-refractivity contribution in [1.29, 1.82) is 0 Å². The Bertz CT molecular complexity index is 362. The third-order valence-electron chi connectivity index (χ3n) is 3.43. The Morgan fingerprint density at radius 2 is 2.12 bits per heavy atom. The molecule has 16 heavy (non-hydrogen) atoms. The lowest BCUT2D eigenvalue weighted by Crippen LogP contribution is -2.35. The molecule has 1 fully saturated rings. The van der Waals surface area contributed by atoms with Crippen molar-refractivity contribution < 1.29 is 0 Å². The van der Waals surface area contributed by atoms with Crippen LogP contribution in [-0.4, -0.2) is 23.4 Å². The molecule has 2 rings (SSSR count). The van der Waals surface area contributed by atoms with Gasteiger partial charge in [-0.15, -0.1) is 11.6 Å². The second-order valence-corrected chi connectivity index (χ2v) is 5.51. The van der Waals surface area contributed by atoms with Crippen LogP contribution in [0.3, 0.4) is 0 Å². The van der Waals surface area contributed by atoms with Crippen LogP contribution in [0.2, 0.25) is 0 Å². The van der Waals surface area contributed by atoms with Crippen molar-refractivity contribution in [3.8, 4) is 0 Å². The van der Waals surface area contributed by atoms with Gasteiger partial charge in [-0.1, -0.05) is 18.2 Å². The number of nitrogens with zero attached hydrogens (tertiary/aromatic N) is 1. The van der Waals surface area contributed by atoms with Gasteiger partial charge in [-0.05, 0) is 49.9 Å². The number of piperidine rings is 1. The molecule has 0 radical (unpaired) electrons. The number of alkyl halides is 1. The van der Waals surface area contributed by atoms with Gasteiger partial charge in [0.15, 0.2) is 0 Å². The number of rotatable bonds is 2. The summed E-state index contributed by atoms with van der Waals surface area (Å²) in [4.78, 5) is 2.46. The first-order chi connectivity index (χ1) is 7.65. The molecule has 1 aromatic rings. The summed E-state index contributed by atoms with van der Waals surface area (Å²) in [5, 5.41) is 0.347. The molecule has 1 unspecified atom stereocenters. The molecule has 1 saturated heterocycles. The smallest absolute Gasteiger partial charge is 0.0463 e. The normalized spacial score (nSPS) is 22.3. The molecule has 1 aliphatic rings. The lowest BCUT2D eigenvalue weighted by Gasteiger charge is -2.29. The van der Waals surface area contributed by atoms with Gasteiger partial charge in [0.2, 0.25) is 0 Å². The number of likely N-dealkylation sites (tertiary alicyclic amines) is 1. The van der Waals surface area contributed by atoms with Crippen LogP contribution in [0.1, 0.15) is 29.5 Å². The number of halogens is 1. The maximum atomic E-state index is 6.19. The van der Waals surface area contributed by atoms with E-state index in [1.165, 1.54) is 36.1 Å². The van der Waals surface area contributed by atoms with E-state index in [4.69, 9.17) is 11.6 Å². The van der Waals surface area contributed by atoms with Crippen LogP contribution in [0.15, 0.2) is 18.2 Å². The van der Waals surface area contributed by atoms with Crippen LogP contribution in [0.5, 0.6) is 0 Å². The Kier molecular flexibility index (Phi) is 3.88. The average molecular weight is 238 g/mol. The van der Waals surface area contributed by atoms with E-state index in [1.54, 1.807) is 0 Å². The first-order valence-corrected chi connectivity index (χ1v) is 6.51. The van der Waals surface area contributed by atoms with Gasteiger partial charge in [0, 0.05) is 18.5 Å². The van der Waals surface area contributed by atoms with E-state index in [9.17, 15) is 0 Å². The number of aryl methyl sites for hydroxylation is 2. The highest BCUT2D eigenvalue weighted by atomic mass is 35.5. The monoisotopic (exact) mass is 237 g/mol. The largest absolute Gasteiger partial charge is 0.298 e. The number of hydrogen-bond acceptors (Lipinski definition) is 1. The van der Waals surface area contributed by atoms with Gasteiger partial charge in [-0.3, -0.25) is 4.90 Å². The summed E-state index contributed by atoms with van der Waals surface area (Å²) in [5.74, 6) is 0. The number of hydrogen-bond donors (Lipinski definition) is 0. The van der Waals surface area contributed by atoms with Crippen LogP contribution in [-0.2, 0) is 6.54 Å². The van der Waals surface area contributed by atoms with Crippen LogP contribution in [0.25, 0.3) is 0 Å². The zero-order valence-electron chi connectivity index (χ0n) is 10.2. The summed E-state index contributed by atoms with van der Waals surface area (Å²) in [6, 6.07) is 6.75. The third-order valence-corrected chi connectivity index (χ3v) is 3.78. The van der Waals surface area contributed by atoms with Crippen LogP contribution in [0.4, 0.5) is 0 Å². The fourth-order valence-corrected chi connectivity index (χ4v) is 2.65. The van der Waals surface area contributed by atoms with Crippen molar-refractivity contribution in [2.45, 2.75) is 38.6 Å². The second kappa shape index (κ2) is 5.20. The summed E-state index contributed by atoms with van der Waals surface area (Å²) in [7, 11) is 0. The van der Waals surface area contributed by atoms with E-state index in [0.29, 0.717) is 5.38 Å². The van der Waals surface area contributed by atoms with Gasteiger partial charge in [0.05, 0.1) is 0 Å². The van der Waals surface area contributed by atoms with Crippen molar-refractivity contribution in [2.24, 2.45) is 0 Å². The quantitative estimate of drug-likeness (QED) is 0.712. The predicted octanol–water partition coefficient (Wildman–Crippen LogP) is 3.51. The van der Waals surface area contributed by atoms with Crippen molar-refractivity contribution >= 4 is 11.6 Å². The molecule has 0 N–H and O–H groups in total. The van der Waals surface area contributed by atoms with E-state index >= 15 is 0 Å². The van der Waals surface area contributed by atoms with Crippen molar-refractivity contribution in [3.05, 3.63) is 34.9 Å². The van der Waals surface area contributed by atoms with Crippen LogP contribution in [0, 0.1) is 13.8 Å². The minimum Gasteiger partial charge on any atom is -0.298 e. The fourth-order valence-electron chi connectivity index (χ4n) is 2.30. The Morgan fingerprint density at radius 3 is 2.81 bits per heavy atom. The molecule has 0 aromatic heterocycles. The van der Waals surface area contributed by atoms with Gasteiger partial charge in [-0.25, -0.2) is 0 Å². The fraction of sp³-hybridized carbons (Fsp3) is 0.571. The summed E-state index contributed by atoms with van der Waals surface area (Å²) < 4.78 is 0. The van der Waals surface area contributed by atoms with E-state index in [1.807, 2.05) is 0 Å². The highest BCUT2D eigenvalue weighted by Gasteiger charge is 2.17. The van der Waals surface area contributed by atoms with Gasteiger partial charge < -0.3 is 0 Å². The molecule has 2 heteroatoms. The van der Waals surface area contributed by atoms with Crippen molar-refractivity contribution in [3.63, 3.8) is 0 Å². The van der Waals surface area contributed by atoms with Crippen molar-refractivity contribution in [1.82, 2.24) is 4.90 Å². The van der Waals surface area contributed by atoms with E-state index in [-0.39, 0.29) is 0 Å². The molecule has 0 aliphatic carbocycles. The van der Waals surface area contributed by atoms with Crippen LogP contribution >= 0.6 is 11.6 Å². The first kappa shape index (κ1) is 11.9. The minimum absolute atomic E-state index is 0.347. The van der Waals surface area contributed by atoms with Gasteiger partial charge in [-0.2, -0.15) is 0 Å². The Labute approximate surface area is 103 Å². The Hall–Kier alpha value is -0.530. The molecule has 0 bridgehead atoms. The minimum atomic E-state index is 0.347. The molecule has 1 nitrogen and oxygen atoms in total. The summed E-state index contributed by atoms with van der Waals surface area (Å²) >= 11 is 6.19. The molecular weight excluding hydrogens is 218 g/mol. The summed E-state index contributed by atoms with van der Waals surface area (Å²) in [6.07, 6.45) is 2.41. The lowest BCUT2D eigenvalue weighted by molar-refractivity contribution is 0.224. The highest BCUT2D eigenvalue weighted by Crippen LogP contribution is 2.18. The van der Waals surface area contributed by atoms with Crippen molar-refractivity contribution in [2.75, 3.05) is 13.1 Å². The number of benzene rings is 1. The first-order valence-electron chi connectivity index (χ1n) is 6.07. The average Bonchev–Trinajstić information content (AvgIpc) is 2.24. The highest BCUT2D eigenvalue weighted by molar-refractivity contribution is 6.20. The molecule has 88 valence electrons.